The molecule has 2 atom stereocenters. The third-order valence-corrected chi connectivity index (χ3v) is 5.34. The van der Waals surface area contributed by atoms with Gasteiger partial charge < -0.3 is 16.2 Å². The van der Waals surface area contributed by atoms with E-state index in [0.29, 0.717) is 22.3 Å². The lowest BCUT2D eigenvalue weighted by Crippen LogP contribution is -2.34. The Bertz CT molecular complexity index is 1050. The second-order valence-electron chi connectivity index (χ2n) is 7.16. The number of nitrogens with zero attached hydrogens (tertiary/aromatic N) is 1. The zero-order valence-corrected chi connectivity index (χ0v) is 15.6. The molecule has 28 heavy (non-hydrogen) atoms. The Hall–Kier alpha value is -2.99. The molecule has 0 amide bonds. The minimum absolute atomic E-state index is 0.153. The number of anilines is 1. The van der Waals surface area contributed by atoms with Crippen LogP contribution in [-0.4, -0.2) is 28.6 Å². The van der Waals surface area contributed by atoms with Crippen molar-refractivity contribution in [2.45, 2.75) is 31.7 Å². The van der Waals surface area contributed by atoms with Crippen molar-refractivity contribution in [3.8, 4) is 11.3 Å². The molecule has 1 aliphatic rings. The SMILES string of the molecule is CCCc1ccc(-c2nc3ccc(F)cc3c3c2C(CN)[C@@H](C(=O)O)N3)cc1. The van der Waals surface area contributed by atoms with Crippen LogP contribution in [0.4, 0.5) is 10.1 Å². The Labute approximate surface area is 162 Å². The first-order chi connectivity index (χ1) is 13.5. The largest absolute Gasteiger partial charge is 0.480 e. The van der Waals surface area contributed by atoms with E-state index in [1.165, 1.54) is 17.7 Å². The van der Waals surface area contributed by atoms with Gasteiger partial charge in [-0.05, 0) is 30.2 Å². The first-order valence-corrected chi connectivity index (χ1v) is 9.45. The molecule has 0 spiro atoms. The van der Waals surface area contributed by atoms with Gasteiger partial charge in [0.05, 0.1) is 16.9 Å². The Morgan fingerprint density at radius 3 is 2.64 bits per heavy atom. The second kappa shape index (κ2) is 7.20. The molecule has 0 aliphatic carbocycles. The van der Waals surface area contributed by atoms with E-state index in [1.807, 2.05) is 12.1 Å². The quantitative estimate of drug-likeness (QED) is 0.625. The maximum Gasteiger partial charge on any atom is 0.326 e. The standard InChI is InChI=1S/C22H22FN3O2/c1-2-3-12-4-6-13(7-5-12)19-18-16(11-24)21(22(27)28)26-20(18)15-10-14(23)8-9-17(15)25-19/h4-10,16,21,26H,2-3,11,24H2,1H3,(H,27,28)/t16?,21-/m0/s1. The van der Waals surface area contributed by atoms with Crippen LogP contribution in [0.25, 0.3) is 22.2 Å². The highest BCUT2D eigenvalue weighted by Gasteiger charge is 2.39. The molecular formula is C22H22FN3O2. The van der Waals surface area contributed by atoms with E-state index >= 15 is 0 Å². The van der Waals surface area contributed by atoms with Crippen LogP contribution in [0.2, 0.25) is 0 Å². The van der Waals surface area contributed by atoms with Gasteiger partial charge in [-0.3, -0.25) is 0 Å². The third-order valence-electron chi connectivity index (χ3n) is 5.34. The average molecular weight is 379 g/mol. The molecule has 4 N–H and O–H groups in total. The number of hydrogen-bond acceptors (Lipinski definition) is 4. The van der Waals surface area contributed by atoms with Gasteiger partial charge in [-0.15, -0.1) is 0 Å². The fourth-order valence-electron chi connectivity index (χ4n) is 4.02. The predicted octanol–water partition coefficient (Wildman–Crippen LogP) is 3.91. The number of carboxylic acid groups (broad SMARTS) is 1. The van der Waals surface area contributed by atoms with Gasteiger partial charge >= 0.3 is 5.97 Å². The molecular weight excluding hydrogens is 357 g/mol. The Morgan fingerprint density at radius 2 is 2.00 bits per heavy atom. The highest BCUT2D eigenvalue weighted by atomic mass is 19.1. The molecule has 5 nitrogen and oxygen atoms in total. The molecule has 0 saturated heterocycles. The number of fused-ring (bicyclic) bond motifs is 3. The number of nitrogens with one attached hydrogen (secondary N) is 1. The molecule has 2 aromatic carbocycles. The molecule has 1 aromatic heterocycles. The fourth-order valence-corrected chi connectivity index (χ4v) is 4.02. The molecule has 6 heteroatoms. The van der Waals surface area contributed by atoms with Gasteiger partial charge in [-0.25, -0.2) is 14.2 Å². The monoisotopic (exact) mass is 379 g/mol. The first-order valence-electron chi connectivity index (χ1n) is 9.45. The lowest BCUT2D eigenvalue weighted by atomic mass is 9.90. The fraction of sp³-hybridized carbons (Fsp3) is 0.273. The van der Waals surface area contributed by atoms with Crippen molar-refractivity contribution in [2.75, 3.05) is 11.9 Å². The topological polar surface area (TPSA) is 88.2 Å². The van der Waals surface area contributed by atoms with Crippen molar-refractivity contribution in [3.05, 3.63) is 59.4 Å². The summed E-state index contributed by atoms with van der Waals surface area (Å²) in [7, 11) is 0. The number of nitrogens with two attached hydrogens (primary N) is 1. The molecule has 4 rings (SSSR count). The summed E-state index contributed by atoms with van der Waals surface area (Å²) in [6.07, 6.45) is 2.06. The number of carboxylic acids is 1. The average Bonchev–Trinajstić information content (AvgIpc) is 3.09. The van der Waals surface area contributed by atoms with Crippen LogP contribution < -0.4 is 11.1 Å². The Kier molecular flexibility index (Phi) is 4.73. The molecule has 0 saturated carbocycles. The molecule has 0 bridgehead atoms. The summed E-state index contributed by atoms with van der Waals surface area (Å²) < 4.78 is 13.9. The summed E-state index contributed by atoms with van der Waals surface area (Å²) in [5.41, 5.74) is 10.8. The number of aryl methyl sites for hydroxylation is 1. The van der Waals surface area contributed by atoms with Crippen molar-refractivity contribution >= 4 is 22.6 Å². The summed E-state index contributed by atoms with van der Waals surface area (Å²) in [6, 6.07) is 11.6. The van der Waals surface area contributed by atoms with Crippen LogP contribution in [0.5, 0.6) is 0 Å². The van der Waals surface area contributed by atoms with Crippen molar-refractivity contribution < 1.29 is 14.3 Å². The van der Waals surface area contributed by atoms with Gasteiger partial charge in [0.1, 0.15) is 11.9 Å². The van der Waals surface area contributed by atoms with Crippen LogP contribution in [0, 0.1) is 5.82 Å². The lowest BCUT2D eigenvalue weighted by molar-refractivity contribution is -0.138. The molecule has 3 aromatic rings. The van der Waals surface area contributed by atoms with E-state index in [2.05, 4.69) is 24.4 Å². The number of aliphatic carboxylic acids is 1. The minimum atomic E-state index is -0.986. The van der Waals surface area contributed by atoms with Crippen LogP contribution >= 0.6 is 0 Å². The highest BCUT2D eigenvalue weighted by molar-refractivity contribution is 6.01. The van der Waals surface area contributed by atoms with Gasteiger partial charge in [0.25, 0.3) is 0 Å². The van der Waals surface area contributed by atoms with Crippen molar-refractivity contribution in [3.63, 3.8) is 0 Å². The van der Waals surface area contributed by atoms with Crippen LogP contribution in [0.15, 0.2) is 42.5 Å². The molecule has 1 aliphatic heterocycles. The van der Waals surface area contributed by atoms with Gasteiger partial charge in [0, 0.05) is 29.0 Å². The van der Waals surface area contributed by atoms with E-state index in [0.717, 1.165) is 24.0 Å². The normalized spacial score (nSPS) is 18.1. The van der Waals surface area contributed by atoms with Crippen molar-refractivity contribution in [1.29, 1.82) is 0 Å². The molecule has 0 fully saturated rings. The number of pyridine rings is 1. The van der Waals surface area contributed by atoms with Gasteiger partial charge in [-0.1, -0.05) is 37.6 Å². The number of benzene rings is 2. The van der Waals surface area contributed by atoms with Gasteiger partial charge in [-0.2, -0.15) is 0 Å². The number of hydrogen-bond donors (Lipinski definition) is 3. The molecule has 144 valence electrons. The summed E-state index contributed by atoms with van der Waals surface area (Å²) in [5, 5.41) is 13.3. The smallest absolute Gasteiger partial charge is 0.326 e. The predicted molar refractivity (Wildman–Crippen MR) is 108 cm³/mol. The summed E-state index contributed by atoms with van der Waals surface area (Å²) >= 11 is 0. The summed E-state index contributed by atoms with van der Waals surface area (Å²) in [6.45, 7) is 2.29. The Morgan fingerprint density at radius 1 is 1.25 bits per heavy atom. The zero-order valence-electron chi connectivity index (χ0n) is 15.6. The number of rotatable bonds is 5. The Balaban J connectivity index is 1.96. The van der Waals surface area contributed by atoms with E-state index in [9.17, 15) is 14.3 Å². The van der Waals surface area contributed by atoms with E-state index in [4.69, 9.17) is 10.7 Å². The maximum absolute atomic E-state index is 13.9. The number of carbonyl (C=O) groups is 1. The van der Waals surface area contributed by atoms with Gasteiger partial charge in [0.15, 0.2) is 0 Å². The van der Waals surface area contributed by atoms with E-state index < -0.39 is 23.7 Å². The second-order valence-corrected chi connectivity index (χ2v) is 7.16. The van der Waals surface area contributed by atoms with E-state index in [1.54, 1.807) is 6.07 Å². The zero-order chi connectivity index (χ0) is 19.8. The number of aromatic nitrogens is 1. The van der Waals surface area contributed by atoms with Crippen LogP contribution in [0.3, 0.4) is 0 Å². The molecule has 1 unspecified atom stereocenters. The van der Waals surface area contributed by atoms with Crippen LogP contribution in [0.1, 0.15) is 30.4 Å². The number of halogens is 1. The van der Waals surface area contributed by atoms with Gasteiger partial charge in [0.2, 0.25) is 0 Å². The van der Waals surface area contributed by atoms with Crippen LogP contribution in [-0.2, 0) is 11.2 Å². The minimum Gasteiger partial charge on any atom is -0.480 e. The molecule has 0 radical (unpaired) electrons. The van der Waals surface area contributed by atoms with E-state index in [-0.39, 0.29) is 6.54 Å². The highest BCUT2D eigenvalue weighted by Crippen LogP contribution is 2.45. The maximum atomic E-state index is 13.9. The lowest BCUT2D eigenvalue weighted by Gasteiger charge is -2.16. The third kappa shape index (κ3) is 2.99. The van der Waals surface area contributed by atoms with Crippen molar-refractivity contribution in [2.24, 2.45) is 5.73 Å². The molecule has 2 heterocycles. The summed E-state index contributed by atoms with van der Waals surface area (Å²) in [4.78, 5) is 16.6. The summed E-state index contributed by atoms with van der Waals surface area (Å²) in [5.74, 6) is -1.82. The van der Waals surface area contributed by atoms with Crippen molar-refractivity contribution in [1.82, 2.24) is 4.98 Å². The first kappa shape index (κ1) is 18.4.